The second-order valence-corrected chi connectivity index (χ2v) is 3.66. The molecule has 1 heterocycles. The number of carboxylic acid groups (broad SMARTS) is 2. The Morgan fingerprint density at radius 3 is 2.56 bits per heavy atom. The van der Waals surface area contributed by atoms with Crippen LogP contribution in [0.1, 0.15) is 12.8 Å². The SMILES string of the molecule is C=CCC(C(=O)O)N1CC(C(=O)O)CC1=O. The Morgan fingerprint density at radius 1 is 1.56 bits per heavy atom. The molecule has 2 N–H and O–H groups in total. The third kappa shape index (κ3) is 2.39. The largest absolute Gasteiger partial charge is 0.481 e. The Kier molecular flexibility index (Phi) is 3.65. The fraction of sp³-hybridized carbons (Fsp3) is 0.500. The Bertz CT molecular complexity index is 338. The van der Waals surface area contributed by atoms with Crippen molar-refractivity contribution in [3.63, 3.8) is 0 Å². The number of carboxylic acids is 2. The van der Waals surface area contributed by atoms with E-state index in [4.69, 9.17) is 10.2 Å². The summed E-state index contributed by atoms with van der Waals surface area (Å²) in [5.74, 6) is -3.45. The van der Waals surface area contributed by atoms with Crippen LogP contribution in [0.25, 0.3) is 0 Å². The van der Waals surface area contributed by atoms with Gasteiger partial charge in [-0.3, -0.25) is 9.59 Å². The molecule has 0 bridgehead atoms. The predicted octanol–water partition coefficient (Wildman–Crippen LogP) is -0.0512. The van der Waals surface area contributed by atoms with Gasteiger partial charge < -0.3 is 15.1 Å². The molecule has 1 amide bonds. The van der Waals surface area contributed by atoms with Crippen LogP contribution in [0.4, 0.5) is 0 Å². The van der Waals surface area contributed by atoms with E-state index in [1.54, 1.807) is 0 Å². The minimum absolute atomic E-state index is 0.0427. The predicted molar refractivity (Wildman–Crippen MR) is 53.7 cm³/mol. The summed E-state index contributed by atoms with van der Waals surface area (Å²) in [5.41, 5.74) is 0. The molecule has 0 aromatic carbocycles. The third-order valence-electron chi connectivity index (χ3n) is 2.56. The molecular weight excluding hydrogens is 214 g/mol. The van der Waals surface area contributed by atoms with Crippen molar-refractivity contribution in [2.24, 2.45) is 5.92 Å². The minimum atomic E-state index is -1.14. The van der Waals surface area contributed by atoms with Gasteiger partial charge in [0, 0.05) is 13.0 Å². The second kappa shape index (κ2) is 4.78. The average Bonchev–Trinajstić information content (AvgIpc) is 2.56. The van der Waals surface area contributed by atoms with Crippen LogP contribution in [0.5, 0.6) is 0 Å². The van der Waals surface area contributed by atoms with Crippen molar-refractivity contribution in [3.8, 4) is 0 Å². The van der Waals surface area contributed by atoms with E-state index < -0.39 is 29.8 Å². The molecule has 2 unspecified atom stereocenters. The molecule has 16 heavy (non-hydrogen) atoms. The van der Waals surface area contributed by atoms with Crippen LogP contribution in [0.3, 0.4) is 0 Å². The molecule has 1 fully saturated rings. The number of rotatable bonds is 5. The van der Waals surface area contributed by atoms with Gasteiger partial charge >= 0.3 is 11.9 Å². The van der Waals surface area contributed by atoms with Crippen molar-refractivity contribution in [2.75, 3.05) is 6.54 Å². The fourth-order valence-electron chi connectivity index (χ4n) is 1.72. The van der Waals surface area contributed by atoms with Crippen molar-refractivity contribution in [1.29, 1.82) is 0 Å². The van der Waals surface area contributed by atoms with Gasteiger partial charge in [-0.05, 0) is 6.42 Å². The van der Waals surface area contributed by atoms with E-state index in [-0.39, 0.29) is 19.4 Å². The van der Waals surface area contributed by atoms with Gasteiger partial charge in [0.2, 0.25) is 5.91 Å². The monoisotopic (exact) mass is 227 g/mol. The summed E-state index contributed by atoms with van der Waals surface area (Å²) in [6, 6.07) is -1.01. The first-order chi connectivity index (χ1) is 7.47. The van der Waals surface area contributed by atoms with E-state index in [2.05, 4.69) is 6.58 Å². The lowest BCUT2D eigenvalue weighted by Gasteiger charge is -2.23. The minimum Gasteiger partial charge on any atom is -0.481 e. The van der Waals surface area contributed by atoms with Gasteiger partial charge in [-0.15, -0.1) is 6.58 Å². The number of nitrogens with zero attached hydrogens (tertiary/aromatic N) is 1. The highest BCUT2D eigenvalue weighted by molar-refractivity contribution is 5.89. The number of carbonyl (C=O) groups excluding carboxylic acids is 1. The normalized spacial score (nSPS) is 21.9. The quantitative estimate of drug-likeness (QED) is 0.642. The summed E-state index contributed by atoms with van der Waals surface area (Å²) in [4.78, 5) is 34.2. The maximum Gasteiger partial charge on any atom is 0.326 e. The first-order valence-electron chi connectivity index (χ1n) is 4.83. The molecule has 1 rings (SSSR count). The van der Waals surface area contributed by atoms with Crippen molar-refractivity contribution in [3.05, 3.63) is 12.7 Å². The molecule has 1 aliphatic rings. The smallest absolute Gasteiger partial charge is 0.326 e. The van der Waals surface area contributed by atoms with E-state index >= 15 is 0 Å². The highest BCUT2D eigenvalue weighted by atomic mass is 16.4. The van der Waals surface area contributed by atoms with E-state index in [1.807, 2.05) is 0 Å². The lowest BCUT2D eigenvalue weighted by atomic mass is 10.1. The van der Waals surface area contributed by atoms with E-state index in [0.29, 0.717) is 0 Å². The zero-order valence-corrected chi connectivity index (χ0v) is 8.63. The average molecular weight is 227 g/mol. The van der Waals surface area contributed by atoms with Gasteiger partial charge in [0.25, 0.3) is 0 Å². The van der Waals surface area contributed by atoms with Crippen LogP contribution in [0, 0.1) is 5.92 Å². The van der Waals surface area contributed by atoms with Crippen LogP contribution in [0.15, 0.2) is 12.7 Å². The summed E-state index contributed by atoms with van der Waals surface area (Å²) in [6.45, 7) is 3.37. The van der Waals surface area contributed by atoms with E-state index in [0.717, 1.165) is 4.90 Å². The summed E-state index contributed by atoms with van der Waals surface area (Å²) in [6.07, 6.45) is 1.39. The topological polar surface area (TPSA) is 94.9 Å². The molecule has 0 aromatic rings. The zero-order valence-electron chi connectivity index (χ0n) is 8.63. The summed E-state index contributed by atoms with van der Waals surface area (Å²) in [7, 11) is 0. The van der Waals surface area contributed by atoms with Crippen LogP contribution in [-0.4, -0.2) is 45.5 Å². The van der Waals surface area contributed by atoms with E-state index in [1.165, 1.54) is 6.08 Å². The Labute approximate surface area is 92.2 Å². The maximum absolute atomic E-state index is 11.5. The molecule has 2 atom stereocenters. The number of hydrogen-bond donors (Lipinski definition) is 2. The first kappa shape index (κ1) is 12.2. The lowest BCUT2D eigenvalue weighted by molar-refractivity contribution is -0.148. The fourth-order valence-corrected chi connectivity index (χ4v) is 1.72. The van der Waals surface area contributed by atoms with Crippen molar-refractivity contribution >= 4 is 17.8 Å². The van der Waals surface area contributed by atoms with Crippen LogP contribution < -0.4 is 0 Å². The van der Waals surface area contributed by atoms with Gasteiger partial charge in [0.1, 0.15) is 6.04 Å². The molecule has 6 nitrogen and oxygen atoms in total. The molecule has 6 heteroatoms. The lowest BCUT2D eigenvalue weighted by Crippen LogP contribution is -2.42. The van der Waals surface area contributed by atoms with Gasteiger partial charge in [-0.1, -0.05) is 6.08 Å². The van der Waals surface area contributed by atoms with Gasteiger partial charge in [-0.25, -0.2) is 4.79 Å². The Morgan fingerprint density at radius 2 is 2.19 bits per heavy atom. The number of amides is 1. The molecule has 0 radical (unpaired) electrons. The highest BCUT2D eigenvalue weighted by Crippen LogP contribution is 2.22. The number of hydrogen-bond acceptors (Lipinski definition) is 3. The summed E-state index contributed by atoms with van der Waals surface area (Å²) in [5, 5.41) is 17.7. The van der Waals surface area contributed by atoms with Gasteiger partial charge in [0.15, 0.2) is 0 Å². The Balaban J connectivity index is 2.79. The molecule has 0 spiro atoms. The van der Waals surface area contributed by atoms with Crippen molar-refractivity contribution in [1.82, 2.24) is 4.90 Å². The number of carbonyl (C=O) groups is 3. The highest BCUT2D eigenvalue weighted by Gasteiger charge is 2.39. The molecule has 0 saturated carbocycles. The molecule has 0 aromatic heterocycles. The van der Waals surface area contributed by atoms with Crippen LogP contribution in [-0.2, 0) is 14.4 Å². The first-order valence-corrected chi connectivity index (χ1v) is 4.83. The third-order valence-corrected chi connectivity index (χ3v) is 2.56. The number of aliphatic carboxylic acids is 2. The van der Waals surface area contributed by atoms with Crippen LogP contribution >= 0.6 is 0 Å². The van der Waals surface area contributed by atoms with Gasteiger partial charge in [-0.2, -0.15) is 0 Å². The maximum atomic E-state index is 11.5. The standard InChI is InChI=1S/C10H13NO5/c1-2-3-7(10(15)16)11-5-6(9(13)14)4-8(11)12/h2,6-7H,1,3-5H2,(H,13,14)(H,15,16). The molecular formula is C10H13NO5. The molecule has 1 aliphatic heterocycles. The van der Waals surface area contributed by atoms with Crippen LogP contribution in [0.2, 0.25) is 0 Å². The Hall–Kier alpha value is -1.85. The van der Waals surface area contributed by atoms with E-state index in [9.17, 15) is 14.4 Å². The van der Waals surface area contributed by atoms with Crippen molar-refractivity contribution < 1.29 is 24.6 Å². The van der Waals surface area contributed by atoms with Gasteiger partial charge in [0.05, 0.1) is 5.92 Å². The zero-order chi connectivity index (χ0) is 12.3. The molecule has 0 aliphatic carbocycles. The second-order valence-electron chi connectivity index (χ2n) is 3.66. The van der Waals surface area contributed by atoms with Crippen molar-refractivity contribution in [2.45, 2.75) is 18.9 Å². The summed E-state index contributed by atoms with van der Waals surface area (Å²) < 4.78 is 0. The molecule has 1 saturated heterocycles. The number of likely N-dealkylation sites (tertiary alicyclic amines) is 1. The summed E-state index contributed by atoms with van der Waals surface area (Å²) >= 11 is 0. The molecule has 88 valence electrons.